The van der Waals surface area contributed by atoms with Crippen LogP contribution in [-0.4, -0.2) is 17.1 Å². The first-order valence-electron chi connectivity index (χ1n) is 7.26. The first-order chi connectivity index (χ1) is 10.9. The number of amides is 1. The lowest BCUT2D eigenvalue weighted by molar-refractivity contribution is -0.153. The first-order valence-corrected chi connectivity index (χ1v) is 7.26. The lowest BCUT2D eigenvalue weighted by Gasteiger charge is -2.10. The molecule has 1 aromatic carbocycles. The van der Waals surface area contributed by atoms with Gasteiger partial charge in [-0.15, -0.1) is 0 Å². The Hall–Kier alpha value is -2.37. The number of rotatable bonds is 3. The number of aryl methyl sites for hydroxylation is 1. The van der Waals surface area contributed by atoms with Crippen LogP contribution in [0.1, 0.15) is 12.0 Å². The molecule has 6 heteroatoms. The monoisotopic (exact) mass is 320 g/mol. The van der Waals surface area contributed by atoms with Crippen molar-refractivity contribution in [3.8, 4) is 11.3 Å². The molecular formula is C17H15F3N2O. The van der Waals surface area contributed by atoms with Crippen LogP contribution >= 0.6 is 0 Å². The third-order valence-corrected chi connectivity index (χ3v) is 3.99. The lowest BCUT2D eigenvalue weighted by Crippen LogP contribution is -2.20. The van der Waals surface area contributed by atoms with Crippen molar-refractivity contribution in [3.05, 3.63) is 48.2 Å². The van der Waals surface area contributed by atoms with E-state index >= 15 is 0 Å². The van der Waals surface area contributed by atoms with Gasteiger partial charge in [-0.1, -0.05) is 12.1 Å². The molecule has 1 heterocycles. The van der Waals surface area contributed by atoms with Gasteiger partial charge in [-0.2, -0.15) is 13.2 Å². The molecule has 0 saturated heterocycles. The fraction of sp³-hybridized carbons (Fsp3) is 0.294. The molecule has 1 N–H and O–H groups in total. The summed E-state index contributed by atoms with van der Waals surface area (Å²) in [6.07, 6.45) is -2.76. The Morgan fingerprint density at radius 3 is 2.65 bits per heavy atom. The van der Waals surface area contributed by atoms with Gasteiger partial charge in [0.1, 0.15) is 0 Å². The highest BCUT2D eigenvalue weighted by Crippen LogP contribution is 2.50. The third kappa shape index (κ3) is 3.36. The van der Waals surface area contributed by atoms with E-state index in [4.69, 9.17) is 0 Å². The van der Waals surface area contributed by atoms with E-state index < -0.39 is 23.9 Å². The fourth-order valence-corrected chi connectivity index (χ4v) is 2.58. The molecule has 2 atom stereocenters. The normalized spacial score (nSPS) is 20.2. The van der Waals surface area contributed by atoms with Crippen molar-refractivity contribution < 1.29 is 18.0 Å². The minimum absolute atomic E-state index is 0.131. The maximum atomic E-state index is 12.5. The molecule has 1 fully saturated rings. The number of anilines is 1. The number of hydrogen-bond acceptors (Lipinski definition) is 2. The minimum Gasteiger partial charge on any atom is -0.326 e. The van der Waals surface area contributed by atoms with E-state index in [9.17, 15) is 18.0 Å². The molecule has 0 bridgehead atoms. The zero-order chi connectivity index (χ0) is 16.6. The van der Waals surface area contributed by atoms with E-state index in [1.165, 1.54) is 0 Å². The molecule has 1 saturated carbocycles. The van der Waals surface area contributed by atoms with Crippen LogP contribution in [0.2, 0.25) is 0 Å². The number of aromatic nitrogens is 1. The summed E-state index contributed by atoms with van der Waals surface area (Å²) >= 11 is 0. The zero-order valence-corrected chi connectivity index (χ0v) is 12.4. The Bertz CT molecular complexity index is 728. The van der Waals surface area contributed by atoms with Crippen LogP contribution in [0.3, 0.4) is 0 Å². The number of carbonyl (C=O) groups excluding carboxylic acids is 1. The van der Waals surface area contributed by atoms with Crippen LogP contribution in [0.15, 0.2) is 42.6 Å². The topological polar surface area (TPSA) is 42.0 Å². The molecule has 1 amide bonds. The number of alkyl halides is 3. The molecule has 3 nitrogen and oxygen atoms in total. The molecular weight excluding hydrogens is 305 g/mol. The Balaban J connectivity index is 1.76. The van der Waals surface area contributed by atoms with Gasteiger partial charge in [0.05, 0.1) is 17.5 Å². The maximum Gasteiger partial charge on any atom is 0.392 e. The molecule has 3 rings (SSSR count). The molecule has 23 heavy (non-hydrogen) atoms. The van der Waals surface area contributed by atoms with E-state index in [1.54, 1.807) is 24.4 Å². The molecule has 2 aromatic rings. The summed E-state index contributed by atoms with van der Waals surface area (Å²) in [5.41, 5.74) is 3.04. The van der Waals surface area contributed by atoms with Crippen molar-refractivity contribution in [2.45, 2.75) is 19.5 Å². The van der Waals surface area contributed by atoms with Gasteiger partial charge in [-0.3, -0.25) is 9.78 Å². The lowest BCUT2D eigenvalue weighted by atomic mass is 10.0. The number of hydrogen-bond donors (Lipinski definition) is 1. The van der Waals surface area contributed by atoms with Crippen LogP contribution in [0.5, 0.6) is 0 Å². The predicted molar refractivity (Wildman–Crippen MR) is 80.7 cm³/mol. The quantitative estimate of drug-likeness (QED) is 0.921. The summed E-state index contributed by atoms with van der Waals surface area (Å²) in [4.78, 5) is 16.2. The molecule has 0 unspecified atom stereocenters. The van der Waals surface area contributed by atoms with Crippen molar-refractivity contribution >= 4 is 11.6 Å². The third-order valence-electron chi connectivity index (χ3n) is 3.99. The Labute approximate surface area is 131 Å². The Kier molecular flexibility index (Phi) is 3.83. The molecule has 0 spiro atoms. The largest absolute Gasteiger partial charge is 0.392 e. The van der Waals surface area contributed by atoms with Crippen LogP contribution in [0, 0.1) is 18.8 Å². The van der Waals surface area contributed by atoms with Crippen molar-refractivity contribution in [1.29, 1.82) is 0 Å². The van der Waals surface area contributed by atoms with Crippen LogP contribution in [0.25, 0.3) is 11.3 Å². The van der Waals surface area contributed by atoms with E-state index in [2.05, 4.69) is 10.3 Å². The van der Waals surface area contributed by atoms with Crippen molar-refractivity contribution in [2.75, 3.05) is 5.32 Å². The minimum atomic E-state index is -4.30. The second kappa shape index (κ2) is 5.68. The van der Waals surface area contributed by atoms with E-state index in [0.717, 1.165) is 16.8 Å². The molecule has 0 radical (unpaired) electrons. The molecule has 1 aliphatic rings. The standard InChI is InChI=1S/C17H15F3N2O/c1-10-5-6-11(8-12(10)15-4-2-3-7-21-15)22-16(23)13-9-14(13)17(18,19)20/h2-8,13-14H,9H2,1H3,(H,22,23)/t13-,14-/m0/s1. The van der Waals surface area contributed by atoms with Gasteiger partial charge in [0.25, 0.3) is 0 Å². The second-order valence-corrected chi connectivity index (χ2v) is 5.72. The predicted octanol–water partition coefficient (Wildman–Crippen LogP) is 4.19. The summed E-state index contributed by atoms with van der Waals surface area (Å²) < 4.78 is 37.6. The fourth-order valence-electron chi connectivity index (χ4n) is 2.58. The highest BCUT2D eigenvalue weighted by molar-refractivity contribution is 5.95. The van der Waals surface area contributed by atoms with Gasteiger partial charge in [0, 0.05) is 17.4 Å². The van der Waals surface area contributed by atoms with E-state index in [1.807, 2.05) is 25.1 Å². The number of halogens is 3. The van der Waals surface area contributed by atoms with Gasteiger partial charge in [-0.05, 0) is 43.2 Å². The van der Waals surface area contributed by atoms with Gasteiger partial charge in [0.15, 0.2) is 0 Å². The van der Waals surface area contributed by atoms with Crippen LogP contribution in [0.4, 0.5) is 18.9 Å². The van der Waals surface area contributed by atoms with Gasteiger partial charge in [-0.25, -0.2) is 0 Å². The zero-order valence-electron chi connectivity index (χ0n) is 12.4. The highest BCUT2D eigenvalue weighted by atomic mass is 19.4. The number of nitrogens with one attached hydrogen (secondary N) is 1. The highest BCUT2D eigenvalue weighted by Gasteiger charge is 2.58. The summed E-state index contributed by atoms with van der Waals surface area (Å²) in [5.74, 6) is -3.07. The smallest absolute Gasteiger partial charge is 0.326 e. The second-order valence-electron chi connectivity index (χ2n) is 5.72. The maximum absolute atomic E-state index is 12.5. The van der Waals surface area contributed by atoms with Gasteiger partial charge < -0.3 is 5.32 Å². The molecule has 1 aromatic heterocycles. The summed E-state index contributed by atoms with van der Waals surface area (Å²) in [6.45, 7) is 1.91. The molecule has 120 valence electrons. The van der Waals surface area contributed by atoms with Crippen molar-refractivity contribution in [1.82, 2.24) is 4.98 Å². The summed E-state index contributed by atoms with van der Waals surface area (Å²) in [6, 6.07) is 10.7. The number of pyridine rings is 1. The number of nitrogens with zero attached hydrogens (tertiary/aromatic N) is 1. The van der Waals surface area contributed by atoms with Crippen molar-refractivity contribution in [2.24, 2.45) is 11.8 Å². The average Bonchev–Trinajstić information content (AvgIpc) is 3.31. The van der Waals surface area contributed by atoms with E-state index in [0.29, 0.717) is 5.69 Å². The van der Waals surface area contributed by atoms with Crippen molar-refractivity contribution in [3.63, 3.8) is 0 Å². The van der Waals surface area contributed by atoms with Crippen LogP contribution in [-0.2, 0) is 4.79 Å². The van der Waals surface area contributed by atoms with Gasteiger partial charge in [0.2, 0.25) is 5.91 Å². The summed E-state index contributed by atoms with van der Waals surface area (Å²) in [5, 5.41) is 2.58. The Morgan fingerprint density at radius 2 is 2.04 bits per heavy atom. The van der Waals surface area contributed by atoms with E-state index in [-0.39, 0.29) is 6.42 Å². The Morgan fingerprint density at radius 1 is 1.26 bits per heavy atom. The molecule has 1 aliphatic carbocycles. The first kappa shape index (κ1) is 15.5. The molecule has 0 aliphatic heterocycles. The van der Waals surface area contributed by atoms with Crippen LogP contribution < -0.4 is 5.32 Å². The average molecular weight is 320 g/mol. The van der Waals surface area contributed by atoms with Gasteiger partial charge >= 0.3 is 6.18 Å². The number of benzene rings is 1. The summed E-state index contributed by atoms with van der Waals surface area (Å²) in [7, 11) is 0. The SMILES string of the molecule is Cc1ccc(NC(=O)[C@H]2C[C@@H]2C(F)(F)F)cc1-c1ccccn1. The number of carbonyl (C=O) groups is 1.